The maximum atomic E-state index is 13.1. The van der Waals surface area contributed by atoms with Crippen LogP contribution < -0.4 is 33.2 Å². The molecule has 2 heterocycles. The first-order chi connectivity index (χ1) is 18.0. The van der Waals surface area contributed by atoms with Crippen LogP contribution in [0.1, 0.15) is 30.7 Å². The Balaban J connectivity index is 2.20. The fourth-order valence-corrected chi connectivity index (χ4v) is 3.33. The molecule has 0 bridgehead atoms. The number of amides is 5. The molecule has 5 amide bonds. The van der Waals surface area contributed by atoms with E-state index in [9.17, 15) is 33.9 Å². The monoisotopic (exact) mass is 534 g/mol. The van der Waals surface area contributed by atoms with Gasteiger partial charge in [-0.1, -0.05) is 0 Å². The fourth-order valence-electron chi connectivity index (χ4n) is 3.33. The molecule has 0 aliphatic rings. The van der Waals surface area contributed by atoms with Crippen molar-refractivity contribution in [3.05, 3.63) is 36.4 Å². The van der Waals surface area contributed by atoms with Gasteiger partial charge < -0.3 is 48.2 Å². The molecule has 0 saturated carbocycles. The molecule has 206 valence electrons. The predicted octanol–water partition coefficient (Wildman–Crippen LogP) is -4.07. The van der Waals surface area contributed by atoms with Crippen LogP contribution in [-0.2, 0) is 41.6 Å². The quantitative estimate of drug-likeness (QED) is 0.100. The number of nitrogens with one attached hydrogen (secondary N) is 5. The fraction of sp³-hybridized carbons (Fsp3) is 0.429. The third-order valence-corrected chi connectivity index (χ3v) is 5.28. The highest BCUT2D eigenvalue weighted by molar-refractivity contribution is 5.95. The molecule has 17 heteroatoms. The number of carbonyl (C=O) groups excluding carboxylic acids is 5. The van der Waals surface area contributed by atoms with E-state index in [0.29, 0.717) is 11.4 Å². The van der Waals surface area contributed by atoms with Gasteiger partial charge >= 0.3 is 5.97 Å². The van der Waals surface area contributed by atoms with Crippen LogP contribution in [0.5, 0.6) is 0 Å². The van der Waals surface area contributed by atoms with Crippen LogP contribution in [0.3, 0.4) is 0 Å². The smallest absolute Gasteiger partial charge is 0.326 e. The maximum Gasteiger partial charge on any atom is 0.326 e. The number of imidazole rings is 2. The summed E-state index contributed by atoms with van der Waals surface area (Å²) in [7, 11) is 0. The molecule has 17 nitrogen and oxygen atoms in total. The zero-order valence-electron chi connectivity index (χ0n) is 20.2. The molecule has 12 N–H and O–H groups in total. The van der Waals surface area contributed by atoms with E-state index in [0.717, 1.165) is 0 Å². The molecule has 4 unspecified atom stereocenters. The summed E-state index contributed by atoms with van der Waals surface area (Å²) in [5, 5.41) is 16.7. The van der Waals surface area contributed by atoms with Gasteiger partial charge in [0.1, 0.15) is 18.1 Å². The van der Waals surface area contributed by atoms with Gasteiger partial charge in [-0.15, -0.1) is 0 Å². The number of nitrogens with two attached hydrogens (primary N) is 3. The van der Waals surface area contributed by atoms with Crippen molar-refractivity contribution in [3.8, 4) is 0 Å². The molecule has 38 heavy (non-hydrogen) atoms. The second kappa shape index (κ2) is 14.1. The van der Waals surface area contributed by atoms with E-state index < -0.39 is 66.1 Å². The average molecular weight is 535 g/mol. The van der Waals surface area contributed by atoms with E-state index in [1.165, 1.54) is 25.0 Å². The predicted molar refractivity (Wildman–Crippen MR) is 128 cm³/mol. The van der Waals surface area contributed by atoms with E-state index in [2.05, 4.69) is 35.9 Å². The SMILES string of the molecule is NC(=O)CCC(NC(=O)C(N)CC(N)=O)C(=O)NC(Cc1cnc[nH]1)C(=O)NC(Cc1cnc[nH]1)C(=O)O. The van der Waals surface area contributed by atoms with Crippen molar-refractivity contribution >= 4 is 35.5 Å². The molecule has 0 fully saturated rings. The van der Waals surface area contributed by atoms with Crippen molar-refractivity contribution in [1.29, 1.82) is 0 Å². The molecule has 4 atom stereocenters. The Hall–Kier alpha value is -4.80. The number of carbonyl (C=O) groups is 6. The molecule has 0 saturated heterocycles. The molecule has 2 aromatic rings. The Bertz CT molecular complexity index is 1120. The van der Waals surface area contributed by atoms with Gasteiger partial charge in [-0.25, -0.2) is 14.8 Å². The third-order valence-electron chi connectivity index (χ3n) is 5.28. The van der Waals surface area contributed by atoms with Crippen LogP contribution >= 0.6 is 0 Å². The number of nitrogens with zero attached hydrogens (tertiary/aromatic N) is 2. The minimum Gasteiger partial charge on any atom is -0.480 e. The molecular weight excluding hydrogens is 504 g/mol. The van der Waals surface area contributed by atoms with Crippen LogP contribution in [-0.4, -0.2) is 84.7 Å². The first-order valence-corrected chi connectivity index (χ1v) is 11.4. The highest BCUT2D eigenvalue weighted by Gasteiger charge is 2.31. The molecule has 0 aromatic carbocycles. The number of hydrogen-bond donors (Lipinski definition) is 9. The van der Waals surface area contributed by atoms with Crippen molar-refractivity contribution < 1.29 is 33.9 Å². The van der Waals surface area contributed by atoms with Gasteiger partial charge in [-0.3, -0.25) is 24.0 Å². The summed E-state index contributed by atoms with van der Waals surface area (Å²) in [4.78, 5) is 85.9. The standard InChI is InChI=1S/C21H30N10O7/c22-12(5-17(24)33)18(34)29-13(1-2-16(23)32)19(35)30-14(3-10-6-25-8-27-10)20(36)31-15(21(37)38)4-11-7-26-9-28-11/h6-9,12-15H,1-5,22H2,(H2,23,32)(H2,24,33)(H,25,27)(H,26,28)(H,29,34)(H,30,35)(H,31,36)(H,37,38). The molecule has 2 rings (SSSR count). The second-order valence-corrected chi connectivity index (χ2v) is 8.37. The first-order valence-electron chi connectivity index (χ1n) is 11.4. The van der Waals surface area contributed by atoms with Crippen molar-refractivity contribution in [1.82, 2.24) is 35.9 Å². The Morgan fingerprint density at radius 1 is 0.789 bits per heavy atom. The summed E-state index contributed by atoms with van der Waals surface area (Å²) in [5.41, 5.74) is 16.7. The summed E-state index contributed by atoms with van der Waals surface area (Å²) in [5.74, 6) is -5.54. The first kappa shape index (κ1) is 29.4. The summed E-state index contributed by atoms with van der Waals surface area (Å²) in [6.07, 6.45) is 4.24. The third kappa shape index (κ3) is 9.69. The average Bonchev–Trinajstić information content (AvgIpc) is 3.54. The second-order valence-electron chi connectivity index (χ2n) is 8.37. The van der Waals surface area contributed by atoms with Gasteiger partial charge in [-0.05, 0) is 6.42 Å². The summed E-state index contributed by atoms with van der Waals surface area (Å²) in [6, 6.07) is -5.41. The number of aromatic amines is 2. The Kier molecular flexibility index (Phi) is 10.9. The molecule has 0 aliphatic carbocycles. The van der Waals surface area contributed by atoms with Crippen LogP contribution in [0.25, 0.3) is 0 Å². The largest absolute Gasteiger partial charge is 0.480 e. The number of rotatable bonds is 16. The van der Waals surface area contributed by atoms with Crippen molar-refractivity contribution in [3.63, 3.8) is 0 Å². The van der Waals surface area contributed by atoms with Crippen LogP contribution in [0.2, 0.25) is 0 Å². The number of carboxylic acid groups (broad SMARTS) is 1. The molecule has 0 radical (unpaired) electrons. The highest BCUT2D eigenvalue weighted by Crippen LogP contribution is 2.06. The van der Waals surface area contributed by atoms with Crippen LogP contribution in [0.15, 0.2) is 25.0 Å². The van der Waals surface area contributed by atoms with Gasteiger partial charge in [0.15, 0.2) is 0 Å². The van der Waals surface area contributed by atoms with E-state index in [4.69, 9.17) is 17.2 Å². The van der Waals surface area contributed by atoms with Crippen molar-refractivity contribution in [2.45, 2.75) is 56.3 Å². The Morgan fingerprint density at radius 3 is 1.76 bits per heavy atom. The summed E-state index contributed by atoms with van der Waals surface area (Å²) >= 11 is 0. The number of H-pyrrole nitrogens is 2. The van der Waals surface area contributed by atoms with Gasteiger partial charge in [0.2, 0.25) is 29.5 Å². The van der Waals surface area contributed by atoms with E-state index >= 15 is 0 Å². The zero-order chi connectivity index (χ0) is 28.2. The minimum atomic E-state index is -1.37. The normalized spacial score (nSPS) is 13.9. The van der Waals surface area contributed by atoms with Gasteiger partial charge in [0.25, 0.3) is 0 Å². The van der Waals surface area contributed by atoms with E-state index in [-0.39, 0.29) is 25.7 Å². The number of aromatic nitrogens is 4. The van der Waals surface area contributed by atoms with E-state index in [1.807, 2.05) is 0 Å². The lowest BCUT2D eigenvalue weighted by atomic mass is 10.1. The van der Waals surface area contributed by atoms with Gasteiger partial charge in [0, 0.05) is 43.0 Å². The lowest BCUT2D eigenvalue weighted by Gasteiger charge is -2.25. The maximum absolute atomic E-state index is 13.1. The van der Waals surface area contributed by atoms with Crippen molar-refractivity contribution in [2.24, 2.45) is 17.2 Å². The summed E-state index contributed by atoms with van der Waals surface area (Å²) in [6.45, 7) is 0. The number of primary amides is 2. The Morgan fingerprint density at radius 2 is 1.29 bits per heavy atom. The summed E-state index contributed by atoms with van der Waals surface area (Å²) < 4.78 is 0. The topological polar surface area (TPSA) is 294 Å². The minimum absolute atomic E-state index is 0.110. The van der Waals surface area contributed by atoms with Crippen LogP contribution in [0, 0.1) is 0 Å². The van der Waals surface area contributed by atoms with Gasteiger partial charge in [-0.2, -0.15) is 0 Å². The molecule has 2 aromatic heterocycles. The lowest BCUT2D eigenvalue weighted by Crippen LogP contribution is -2.58. The Labute approximate surface area is 215 Å². The number of aliphatic carboxylic acids is 1. The number of hydrogen-bond acceptors (Lipinski definition) is 9. The lowest BCUT2D eigenvalue weighted by molar-refractivity contribution is -0.142. The number of carboxylic acids is 1. The van der Waals surface area contributed by atoms with Crippen molar-refractivity contribution in [2.75, 3.05) is 0 Å². The van der Waals surface area contributed by atoms with Gasteiger partial charge in [0.05, 0.1) is 25.1 Å². The molecule has 0 spiro atoms. The van der Waals surface area contributed by atoms with Crippen LogP contribution in [0.4, 0.5) is 0 Å². The highest BCUT2D eigenvalue weighted by atomic mass is 16.4. The molecule has 0 aliphatic heterocycles. The van der Waals surface area contributed by atoms with E-state index in [1.54, 1.807) is 0 Å². The molecular formula is C21H30N10O7. The zero-order valence-corrected chi connectivity index (χ0v) is 20.2.